The summed E-state index contributed by atoms with van der Waals surface area (Å²) in [5, 5.41) is 6.47. The van der Waals surface area contributed by atoms with Crippen LogP contribution < -0.4 is 10.6 Å². The van der Waals surface area contributed by atoms with E-state index in [9.17, 15) is 4.79 Å². The first kappa shape index (κ1) is 11.5. The van der Waals surface area contributed by atoms with Crippen LogP contribution >= 0.6 is 0 Å². The number of carbonyl (C=O) groups is 1. The summed E-state index contributed by atoms with van der Waals surface area (Å²) in [7, 11) is 0. The Morgan fingerprint density at radius 3 is 3.00 bits per heavy atom. The van der Waals surface area contributed by atoms with Crippen molar-refractivity contribution in [2.45, 2.75) is 38.8 Å². The maximum Gasteiger partial charge on any atom is 0.320 e. The summed E-state index contributed by atoms with van der Waals surface area (Å²) in [6, 6.07) is 0.420. The molecule has 0 saturated carbocycles. The zero-order valence-corrected chi connectivity index (χ0v) is 9.01. The standard InChI is InChI=1S/C10H20N2O2/c1-8(2)14-10(13)7-12-9-4-3-5-11-6-9/h8-9,11-12H,3-7H2,1-2H3/t9-/m1/s1. The molecule has 0 bridgehead atoms. The molecule has 4 heteroatoms. The van der Waals surface area contributed by atoms with Gasteiger partial charge in [-0.1, -0.05) is 0 Å². The van der Waals surface area contributed by atoms with Gasteiger partial charge in [-0.3, -0.25) is 4.79 Å². The third-order valence-electron chi connectivity index (χ3n) is 2.20. The summed E-state index contributed by atoms with van der Waals surface area (Å²) in [5.74, 6) is -0.162. The van der Waals surface area contributed by atoms with Crippen molar-refractivity contribution in [2.24, 2.45) is 0 Å². The molecule has 82 valence electrons. The van der Waals surface area contributed by atoms with Crippen LogP contribution in [0.4, 0.5) is 0 Å². The number of rotatable bonds is 4. The zero-order valence-electron chi connectivity index (χ0n) is 9.01. The van der Waals surface area contributed by atoms with Gasteiger partial charge in [0.15, 0.2) is 0 Å². The Labute approximate surface area is 85.4 Å². The molecule has 0 amide bonds. The monoisotopic (exact) mass is 200 g/mol. The molecule has 0 unspecified atom stereocenters. The number of hydrogen-bond donors (Lipinski definition) is 2. The minimum Gasteiger partial charge on any atom is -0.462 e. The van der Waals surface area contributed by atoms with Gasteiger partial charge in [-0.25, -0.2) is 0 Å². The molecule has 1 fully saturated rings. The fraction of sp³-hybridized carbons (Fsp3) is 0.900. The highest BCUT2D eigenvalue weighted by Crippen LogP contribution is 2.00. The van der Waals surface area contributed by atoms with Crippen molar-refractivity contribution in [3.63, 3.8) is 0 Å². The first-order valence-corrected chi connectivity index (χ1v) is 5.32. The van der Waals surface area contributed by atoms with Crippen molar-refractivity contribution >= 4 is 5.97 Å². The van der Waals surface area contributed by atoms with E-state index in [1.807, 2.05) is 13.8 Å². The summed E-state index contributed by atoms with van der Waals surface area (Å²) >= 11 is 0. The van der Waals surface area contributed by atoms with Gasteiger partial charge in [-0.2, -0.15) is 0 Å². The molecule has 1 aliphatic rings. The lowest BCUT2D eigenvalue weighted by Crippen LogP contribution is -2.45. The second-order valence-corrected chi connectivity index (χ2v) is 3.96. The third-order valence-corrected chi connectivity index (χ3v) is 2.20. The Bertz CT molecular complexity index is 177. The van der Waals surface area contributed by atoms with E-state index in [4.69, 9.17) is 4.74 Å². The van der Waals surface area contributed by atoms with Crippen LogP contribution in [0, 0.1) is 0 Å². The van der Waals surface area contributed by atoms with Crippen molar-refractivity contribution in [3.8, 4) is 0 Å². The SMILES string of the molecule is CC(C)OC(=O)CN[C@@H]1CCCNC1. The molecule has 0 spiro atoms. The molecule has 0 aliphatic carbocycles. The third kappa shape index (κ3) is 4.58. The molecule has 0 radical (unpaired) electrons. The lowest BCUT2D eigenvalue weighted by Gasteiger charge is -2.23. The zero-order chi connectivity index (χ0) is 10.4. The summed E-state index contributed by atoms with van der Waals surface area (Å²) in [5.41, 5.74) is 0. The summed E-state index contributed by atoms with van der Waals surface area (Å²) in [4.78, 5) is 11.2. The number of nitrogens with one attached hydrogen (secondary N) is 2. The fourth-order valence-corrected chi connectivity index (χ4v) is 1.56. The highest BCUT2D eigenvalue weighted by Gasteiger charge is 2.14. The van der Waals surface area contributed by atoms with Crippen LogP contribution in [0.5, 0.6) is 0 Å². The summed E-state index contributed by atoms with van der Waals surface area (Å²) in [6.07, 6.45) is 2.30. The van der Waals surface area contributed by atoms with Crippen molar-refractivity contribution in [1.82, 2.24) is 10.6 Å². The van der Waals surface area contributed by atoms with Crippen molar-refractivity contribution in [3.05, 3.63) is 0 Å². The second-order valence-electron chi connectivity index (χ2n) is 3.96. The Morgan fingerprint density at radius 1 is 1.64 bits per heavy atom. The molecule has 4 nitrogen and oxygen atoms in total. The van der Waals surface area contributed by atoms with Gasteiger partial charge in [0, 0.05) is 12.6 Å². The fourth-order valence-electron chi connectivity index (χ4n) is 1.56. The quantitative estimate of drug-likeness (QED) is 0.640. The van der Waals surface area contributed by atoms with E-state index in [1.54, 1.807) is 0 Å². The molecule has 1 rings (SSSR count). The molecule has 0 aromatic heterocycles. The number of piperidine rings is 1. The van der Waals surface area contributed by atoms with Gasteiger partial charge in [0.2, 0.25) is 0 Å². The number of esters is 1. The summed E-state index contributed by atoms with van der Waals surface area (Å²) < 4.78 is 5.02. The van der Waals surface area contributed by atoms with Crippen LogP contribution in [0.15, 0.2) is 0 Å². The van der Waals surface area contributed by atoms with Crippen LogP contribution in [-0.4, -0.2) is 37.7 Å². The molecule has 2 N–H and O–H groups in total. The molecular formula is C10H20N2O2. The Hall–Kier alpha value is -0.610. The van der Waals surface area contributed by atoms with Gasteiger partial charge in [-0.15, -0.1) is 0 Å². The smallest absolute Gasteiger partial charge is 0.320 e. The van der Waals surface area contributed by atoms with E-state index in [-0.39, 0.29) is 12.1 Å². The Kier molecular flexibility index (Phi) is 4.90. The minimum absolute atomic E-state index is 0.0196. The highest BCUT2D eigenvalue weighted by atomic mass is 16.5. The van der Waals surface area contributed by atoms with Crippen LogP contribution in [0.25, 0.3) is 0 Å². The molecule has 1 heterocycles. The molecule has 0 aromatic rings. The minimum atomic E-state index is -0.162. The van der Waals surface area contributed by atoms with Crippen LogP contribution in [0.1, 0.15) is 26.7 Å². The molecule has 1 atom stereocenters. The average molecular weight is 200 g/mol. The lowest BCUT2D eigenvalue weighted by molar-refractivity contribution is -0.146. The Morgan fingerprint density at radius 2 is 2.43 bits per heavy atom. The van der Waals surface area contributed by atoms with E-state index >= 15 is 0 Å². The van der Waals surface area contributed by atoms with Crippen molar-refractivity contribution < 1.29 is 9.53 Å². The van der Waals surface area contributed by atoms with Gasteiger partial charge in [0.1, 0.15) is 0 Å². The lowest BCUT2D eigenvalue weighted by atomic mass is 10.1. The van der Waals surface area contributed by atoms with Gasteiger partial charge in [-0.05, 0) is 33.2 Å². The van der Waals surface area contributed by atoms with E-state index in [0.29, 0.717) is 12.6 Å². The van der Waals surface area contributed by atoms with Gasteiger partial charge >= 0.3 is 5.97 Å². The van der Waals surface area contributed by atoms with E-state index < -0.39 is 0 Å². The first-order chi connectivity index (χ1) is 6.68. The van der Waals surface area contributed by atoms with Gasteiger partial charge in [0.25, 0.3) is 0 Å². The van der Waals surface area contributed by atoms with E-state index in [0.717, 1.165) is 19.5 Å². The van der Waals surface area contributed by atoms with E-state index in [1.165, 1.54) is 6.42 Å². The van der Waals surface area contributed by atoms with Crippen LogP contribution in [0.3, 0.4) is 0 Å². The van der Waals surface area contributed by atoms with Crippen molar-refractivity contribution in [2.75, 3.05) is 19.6 Å². The molecule has 1 aliphatic heterocycles. The number of hydrogen-bond acceptors (Lipinski definition) is 4. The normalized spacial score (nSPS) is 22.4. The maximum atomic E-state index is 11.2. The maximum absolute atomic E-state index is 11.2. The van der Waals surface area contributed by atoms with E-state index in [2.05, 4.69) is 10.6 Å². The Balaban J connectivity index is 2.09. The highest BCUT2D eigenvalue weighted by molar-refractivity contribution is 5.71. The number of carbonyl (C=O) groups excluding carboxylic acids is 1. The molecule has 1 saturated heterocycles. The number of ether oxygens (including phenoxy) is 1. The van der Waals surface area contributed by atoms with Crippen LogP contribution in [0.2, 0.25) is 0 Å². The van der Waals surface area contributed by atoms with Gasteiger partial charge < -0.3 is 15.4 Å². The second kappa shape index (κ2) is 5.98. The largest absolute Gasteiger partial charge is 0.462 e. The molecule has 0 aromatic carbocycles. The predicted octanol–water partition coefficient (Wildman–Crippen LogP) is 0.280. The summed E-state index contributed by atoms with van der Waals surface area (Å²) in [6.45, 7) is 6.09. The van der Waals surface area contributed by atoms with Crippen LogP contribution in [-0.2, 0) is 9.53 Å². The van der Waals surface area contributed by atoms with Gasteiger partial charge in [0.05, 0.1) is 12.6 Å². The predicted molar refractivity (Wildman–Crippen MR) is 55.1 cm³/mol. The molecular weight excluding hydrogens is 180 g/mol. The first-order valence-electron chi connectivity index (χ1n) is 5.32. The average Bonchev–Trinajstić information content (AvgIpc) is 2.15. The van der Waals surface area contributed by atoms with Crippen molar-refractivity contribution in [1.29, 1.82) is 0 Å². The topological polar surface area (TPSA) is 50.4 Å². The molecule has 14 heavy (non-hydrogen) atoms.